The molecule has 2 aliphatic carbocycles. The molecule has 3 radical (unpaired) electrons. The van der Waals surface area contributed by atoms with Gasteiger partial charge in [0.1, 0.15) is 11.6 Å². The molecule has 62 heavy (non-hydrogen) atoms. The number of carbonyl (C=O) groups excluding carboxylic acids is 1. The molecule has 1 unspecified atom stereocenters. The smallest absolute Gasteiger partial charge is 1.00 e. The Labute approximate surface area is 390 Å². The molecule has 317 valence electrons. The van der Waals surface area contributed by atoms with Crippen molar-refractivity contribution >= 4 is 48.2 Å². The Balaban J connectivity index is 0.000000309. The van der Waals surface area contributed by atoms with Crippen molar-refractivity contribution in [3.8, 4) is 0 Å². The van der Waals surface area contributed by atoms with E-state index >= 15 is 0 Å². The number of ketones is 1. The Hall–Kier alpha value is -4.45. The average molecular weight is 846 g/mol. The van der Waals surface area contributed by atoms with E-state index in [0.717, 1.165) is 98.9 Å². The molecule has 1 atom stereocenters. The largest absolute Gasteiger partial charge is 1.00 e. The van der Waals surface area contributed by atoms with Gasteiger partial charge in [-0.3, -0.25) is 24.7 Å². The van der Waals surface area contributed by atoms with Crippen molar-refractivity contribution in [2.75, 3.05) is 7.11 Å². The van der Waals surface area contributed by atoms with Crippen molar-refractivity contribution in [2.45, 2.75) is 109 Å². The van der Waals surface area contributed by atoms with Crippen LogP contribution in [-0.2, 0) is 43.3 Å². The summed E-state index contributed by atoms with van der Waals surface area (Å²) in [6.07, 6.45) is 26.5. The second-order valence-electron chi connectivity index (χ2n) is 15.6. The maximum atomic E-state index is 13.2. The summed E-state index contributed by atoms with van der Waals surface area (Å²) in [5.74, 6) is -0.467. The van der Waals surface area contributed by atoms with Crippen molar-refractivity contribution in [1.82, 2.24) is 19.9 Å². The maximum absolute atomic E-state index is 13.2. The summed E-state index contributed by atoms with van der Waals surface area (Å²) in [6.45, 7) is 0. The number of hydrogen-bond donors (Lipinski definition) is 2. The number of unbranched alkanes of at least 4 members (excludes halogenated alkanes) is 2. The van der Waals surface area contributed by atoms with E-state index in [1.807, 2.05) is 24.3 Å². The molecule has 4 heterocycles. The molecule has 0 spiro atoms. The monoisotopic (exact) mass is 845 g/mol. The van der Waals surface area contributed by atoms with Crippen LogP contribution < -0.4 is 29.6 Å². The SMILES string of the molecule is CO.O=C(/C=C/c1cnc2cc(F)ccc2c1)CCCCc1ccc2c(n1)CCCC2.OC(/C=C/c1cnc2cc(F)ccc2c1)CCCCc1ccc2c(n1)CCCC2.[B].[H-].[Na+]. The van der Waals surface area contributed by atoms with Crippen LogP contribution in [0.3, 0.4) is 0 Å². The number of fused-ring (bicyclic) bond motifs is 4. The molecule has 2 N–H and O–H groups in total. The molecule has 6 aromatic rings. The quantitative estimate of drug-likeness (QED) is 0.0668. The first-order chi connectivity index (χ1) is 29.3. The van der Waals surface area contributed by atoms with E-state index in [1.54, 1.807) is 36.7 Å². The Morgan fingerprint density at radius 2 is 1.18 bits per heavy atom. The van der Waals surface area contributed by atoms with E-state index in [-0.39, 0.29) is 56.8 Å². The predicted molar refractivity (Wildman–Crippen MR) is 244 cm³/mol. The molecule has 0 saturated carbocycles. The fourth-order valence-electron chi connectivity index (χ4n) is 7.79. The summed E-state index contributed by atoms with van der Waals surface area (Å²) in [5, 5.41) is 19.0. The normalized spacial score (nSPS) is 13.5. The number of halogens is 2. The minimum absolute atomic E-state index is 0. The van der Waals surface area contributed by atoms with Gasteiger partial charge in [-0.05, 0) is 173 Å². The molecule has 0 saturated heterocycles. The predicted octanol–water partition coefficient (Wildman–Crippen LogP) is 7.42. The first-order valence-corrected chi connectivity index (χ1v) is 21.4. The fourth-order valence-corrected chi connectivity index (χ4v) is 7.79. The van der Waals surface area contributed by atoms with Crippen molar-refractivity contribution < 1.29 is 54.8 Å². The number of pyridine rings is 4. The summed E-state index contributed by atoms with van der Waals surface area (Å²) >= 11 is 0. The van der Waals surface area contributed by atoms with Gasteiger partial charge in [0.05, 0.1) is 17.1 Å². The van der Waals surface area contributed by atoms with Crippen molar-refractivity contribution in [3.63, 3.8) is 0 Å². The Kier molecular flexibility index (Phi) is 21.2. The van der Waals surface area contributed by atoms with E-state index in [4.69, 9.17) is 15.1 Å². The minimum Gasteiger partial charge on any atom is -1.00 e. The third-order valence-electron chi connectivity index (χ3n) is 11.1. The van der Waals surface area contributed by atoms with E-state index in [9.17, 15) is 18.7 Å². The molecule has 11 heteroatoms. The Morgan fingerprint density at radius 3 is 1.73 bits per heavy atom. The van der Waals surface area contributed by atoms with Gasteiger partial charge < -0.3 is 11.6 Å². The summed E-state index contributed by atoms with van der Waals surface area (Å²) in [5.41, 5.74) is 10.7. The number of aliphatic hydroxyl groups is 2. The Morgan fingerprint density at radius 1 is 0.677 bits per heavy atom. The van der Waals surface area contributed by atoms with Crippen molar-refractivity contribution in [2.24, 2.45) is 0 Å². The first-order valence-electron chi connectivity index (χ1n) is 21.4. The molecule has 0 bridgehead atoms. The zero-order valence-corrected chi connectivity index (χ0v) is 38.2. The number of benzene rings is 2. The molecule has 8 rings (SSSR count). The number of rotatable bonds is 14. The molecule has 2 aliphatic rings. The van der Waals surface area contributed by atoms with Gasteiger partial charge in [0, 0.05) is 80.0 Å². The number of allylic oxidation sites excluding steroid dienone is 1. The van der Waals surface area contributed by atoms with Crippen LogP contribution >= 0.6 is 0 Å². The van der Waals surface area contributed by atoms with Gasteiger partial charge in [-0.25, -0.2) is 8.78 Å². The number of aryl methyl sites for hydroxylation is 6. The van der Waals surface area contributed by atoms with Gasteiger partial charge in [0.2, 0.25) is 0 Å². The second-order valence-corrected chi connectivity index (χ2v) is 15.6. The first kappa shape index (κ1) is 50.2. The summed E-state index contributed by atoms with van der Waals surface area (Å²) in [4.78, 5) is 30.3. The average Bonchev–Trinajstić information content (AvgIpc) is 3.28. The van der Waals surface area contributed by atoms with Crippen molar-refractivity contribution in [3.05, 3.63) is 154 Å². The van der Waals surface area contributed by atoms with E-state index in [1.165, 1.54) is 84.6 Å². The third kappa shape index (κ3) is 15.4. The zero-order valence-electron chi connectivity index (χ0n) is 37.2. The molecule has 4 aromatic heterocycles. The summed E-state index contributed by atoms with van der Waals surface area (Å²) in [6, 6.07) is 21.8. The van der Waals surface area contributed by atoms with Crippen LogP contribution in [0.2, 0.25) is 0 Å². The molecule has 0 fully saturated rings. The fraction of sp³-hybridized carbons (Fsp3) is 0.353. The Bertz CT molecular complexity index is 2440. The van der Waals surface area contributed by atoms with Gasteiger partial charge in [-0.1, -0.05) is 30.7 Å². The van der Waals surface area contributed by atoms with Crippen LogP contribution in [0, 0.1) is 11.6 Å². The summed E-state index contributed by atoms with van der Waals surface area (Å²) < 4.78 is 26.4. The molecular formula is C51H57BF2N4NaO3. The van der Waals surface area contributed by atoms with E-state index in [0.29, 0.717) is 17.5 Å². The van der Waals surface area contributed by atoms with Gasteiger partial charge in [0.15, 0.2) is 5.78 Å². The van der Waals surface area contributed by atoms with Crippen LogP contribution in [0.25, 0.3) is 34.0 Å². The van der Waals surface area contributed by atoms with Crippen LogP contribution in [-0.4, -0.2) is 57.6 Å². The maximum Gasteiger partial charge on any atom is 1.00 e. The zero-order chi connectivity index (χ0) is 42.1. The number of aromatic nitrogens is 4. The van der Waals surface area contributed by atoms with Crippen LogP contribution in [0.4, 0.5) is 8.78 Å². The van der Waals surface area contributed by atoms with Crippen LogP contribution in [0.5, 0.6) is 0 Å². The van der Waals surface area contributed by atoms with Crippen LogP contribution in [0.1, 0.15) is 111 Å². The number of hydrogen-bond acceptors (Lipinski definition) is 7. The molecule has 0 aliphatic heterocycles. The number of aliphatic hydroxyl groups excluding tert-OH is 2. The van der Waals surface area contributed by atoms with Gasteiger partial charge in [-0.15, -0.1) is 0 Å². The van der Waals surface area contributed by atoms with E-state index < -0.39 is 6.10 Å². The second kappa shape index (κ2) is 26.2. The summed E-state index contributed by atoms with van der Waals surface area (Å²) in [7, 11) is 1.00. The third-order valence-corrected chi connectivity index (χ3v) is 11.1. The minimum atomic E-state index is -0.476. The number of nitrogens with zero attached hydrogens (tertiary/aromatic N) is 4. The van der Waals surface area contributed by atoms with Gasteiger partial charge in [-0.2, -0.15) is 0 Å². The van der Waals surface area contributed by atoms with Gasteiger partial charge in [0.25, 0.3) is 0 Å². The van der Waals surface area contributed by atoms with Crippen molar-refractivity contribution in [1.29, 1.82) is 0 Å². The topological polar surface area (TPSA) is 109 Å². The van der Waals surface area contributed by atoms with Crippen LogP contribution in [0.15, 0.2) is 97.3 Å². The van der Waals surface area contributed by atoms with Gasteiger partial charge >= 0.3 is 29.6 Å². The molecule has 7 nitrogen and oxygen atoms in total. The molecular weight excluding hydrogens is 788 g/mol. The van der Waals surface area contributed by atoms with E-state index in [2.05, 4.69) is 34.2 Å². The standard InChI is InChI=1S/C25H27FN2O.C25H25FN2O.CH4O.B.Na.H/c2*26-21-12-10-20-15-18(17-27-25(20)16-21)9-14-23(29)7-3-2-6-22-13-11-19-5-1-4-8-24(19)28-22;1-2;;;/h9-17,23,29H,1-8H2;9-17H,1-8H2;2H,1H3;;;/q;;;;+1;-1/b2*14-9+;;;;. The molecule has 2 aromatic carbocycles. The molecule has 0 amide bonds. The number of carbonyl (C=O) groups is 1.